The van der Waals surface area contributed by atoms with Gasteiger partial charge in [-0.05, 0) is 53.4 Å². The Labute approximate surface area is 213 Å². The van der Waals surface area contributed by atoms with Crippen LogP contribution in [-0.2, 0) is 9.53 Å². The van der Waals surface area contributed by atoms with Crippen LogP contribution in [0.3, 0.4) is 0 Å². The third-order valence-electron chi connectivity index (χ3n) is 6.36. The van der Waals surface area contributed by atoms with Gasteiger partial charge in [0.25, 0.3) is 5.91 Å². The molecule has 1 aliphatic rings. The first-order chi connectivity index (χ1) is 17.6. The normalized spacial score (nSPS) is 16.9. The number of benzene rings is 2. The highest BCUT2D eigenvalue weighted by molar-refractivity contribution is 7.10. The van der Waals surface area contributed by atoms with Gasteiger partial charge in [-0.25, -0.2) is 0 Å². The van der Waals surface area contributed by atoms with Crippen molar-refractivity contribution < 1.29 is 14.3 Å². The van der Waals surface area contributed by atoms with Crippen molar-refractivity contribution in [2.45, 2.75) is 12.0 Å². The molecule has 0 fully saturated rings. The van der Waals surface area contributed by atoms with Crippen molar-refractivity contribution in [1.29, 1.82) is 5.26 Å². The lowest BCUT2D eigenvalue weighted by Gasteiger charge is -2.41. The number of aromatic nitrogens is 1. The number of nitrogens with one attached hydrogen (secondary N) is 1. The Hall–Kier alpha value is -4.19. The molecular formula is C28H24N4O3S. The van der Waals surface area contributed by atoms with E-state index in [2.05, 4.69) is 11.4 Å². The van der Waals surface area contributed by atoms with Gasteiger partial charge in [-0.2, -0.15) is 5.26 Å². The summed E-state index contributed by atoms with van der Waals surface area (Å²) in [4.78, 5) is 30.1. The number of hydrogen-bond acceptors (Lipinski definition) is 5. The molecule has 2 atom stereocenters. The van der Waals surface area contributed by atoms with Crippen molar-refractivity contribution in [3.05, 3.63) is 106 Å². The molecule has 0 radical (unpaired) electrons. The number of nitrogens with zero attached hydrogens (tertiary/aromatic N) is 3. The zero-order valence-corrected chi connectivity index (χ0v) is 20.4. The molecule has 2 aromatic heterocycles. The minimum atomic E-state index is -0.635. The fourth-order valence-electron chi connectivity index (χ4n) is 4.73. The second-order valence-corrected chi connectivity index (χ2v) is 9.42. The molecule has 7 nitrogen and oxygen atoms in total. The van der Waals surface area contributed by atoms with Gasteiger partial charge in [-0.3, -0.25) is 9.59 Å². The summed E-state index contributed by atoms with van der Waals surface area (Å²) < 4.78 is 7.14. The first kappa shape index (κ1) is 23.5. The highest BCUT2D eigenvalue weighted by Crippen LogP contribution is 2.44. The van der Waals surface area contributed by atoms with E-state index in [0.29, 0.717) is 35.5 Å². The summed E-state index contributed by atoms with van der Waals surface area (Å²) in [5, 5.41) is 14.7. The smallest absolute Gasteiger partial charge is 0.254 e. The number of carbonyl (C=O) groups is 2. The van der Waals surface area contributed by atoms with E-state index in [0.717, 1.165) is 10.6 Å². The number of thiophene rings is 1. The Bertz CT molecular complexity index is 1420. The van der Waals surface area contributed by atoms with Crippen LogP contribution in [0.25, 0.3) is 5.69 Å². The topological polar surface area (TPSA) is 87.4 Å². The summed E-state index contributed by atoms with van der Waals surface area (Å²) in [7, 11) is 1.59. The summed E-state index contributed by atoms with van der Waals surface area (Å²) in [5.41, 5.74) is 2.91. The number of methoxy groups -OCH3 is 1. The van der Waals surface area contributed by atoms with Gasteiger partial charge in [0.05, 0.1) is 29.8 Å². The van der Waals surface area contributed by atoms with E-state index in [-0.39, 0.29) is 11.8 Å². The second kappa shape index (κ2) is 10.2. The van der Waals surface area contributed by atoms with E-state index < -0.39 is 12.0 Å². The van der Waals surface area contributed by atoms with Gasteiger partial charge in [0.1, 0.15) is 6.07 Å². The quantitative estimate of drug-likeness (QED) is 0.391. The minimum absolute atomic E-state index is 0.118. The average molecular weight is 497 g/mol. The number of anilines is 1. The molecule has 0 saturated carbocycles. The van der Waals surface area contributed by atoms with Crippen LogP contribution in [0.15, 0.2) is 84.5 Å². The molecule has 0 aliphatic carbocycles. The fourth-order valence-corrected chi connectivity index (χ4v) is 5.60. The van der Waals surface area contributed by atoms with Gasteiger partial charge < -0.3 is 19.5 Å². The van der Waals surface area contributed by atoms with E-state index in [1.165, 1.54) is 11.3 Å². The molecule has 3 heterocycles. The molecule has 2 aromatic carbocycles. The summed E-state index contributed by atoms with van der Waals surface area (Å²) in [5.74, 6) is -0.995. The zero-order chi connectivity index (χ0) is 25.1. The van der Waals surface area contributed by atoms with Gasteiger partial charge in [0.2, 0.25) is 5.91 Å². The largest absolute Gasteiger partial charge is 0.383 e. The van der Waals surface area contributed by atoms with Gasteiger partial charge >= 0.3 is 0 Å². The molecule has 4 aromatic rings. The summed E-state index contributed by atoms with van der Waals surface area (Å²) in [6.45, 7) is 0.719. The molecule has 36 heavy (non-hydrogen) atoms. The molecule has 2 unspecified atom stereocenters. The Balaban J connectivity index is 1.54. The van der Waals surface area contributed by atoms with Crippen molar-refractivity contribution in [2.24, 2.45) is 0 Å². The monoisotopic (exact) mass is 496 g/mol. The molecule has 5 rings (SSSR count). The van der Waals surface area contributed by atoms with Crippen molar-refractivity contribution >= 4 is 28.8 Å². The van der Waals surface area contributed by atoms with Crippen LogP contribution in [-0.4, -0.2) is 41.5 Å². The Morgan fingerprint density at radius 1 is 1.11 bits per heavy atom. The lowest BCUT2D eigenvalue weighted by molar-refractivity contribution is -0.119. The molecule has 2 amide bonds. The molecule has 0 spiro atoms. The third-order valence-corrected chi connectivity index (χ3v) is 7.30. The van der Waals surface area contributed by atoms with Crippen molar-refractivity contribution in [2.75, 3.05) is 25.6 Å². The van der Waals surface area contributed by atoms with E-state index >= 15 is 0 Å². The molecule has 0 bridgehead atoms. The number of ether oxygens (including phenoxy) is 1. The van der Waals surface area contributed by atoms with Crippen molar-refractivity contribution in [3.63, 3.8) is 0 Å². The number of carbonyl (C=O) groups excluding carboxylic acids is 2. The van der Waals surface area contributed by atoms with Crippen LogP contribution in [0.2, 0.25) is 0 Å². The maximum Gasteiger partial charge on any atom is 0.254 e. The zero-order valence-electron chi connectivity index (χ0n) is 19.6. The van der Waals surface area contributed by atoms with E-state index in [9.17, 15) is 14.9 Å². The van der Waals surface area contributed by atoms with Gasteiger partial charge in [-0.15, -0.1) is 11.3 Å². The maximum absolute atomic E-state index is 13.9. The number of hydrogen-bond donors (Lipinski definition) is 1. The Morgan fingerprint density at radius 3 is 2.64 bits per heavy atom. The predicted molar refractivity (Wildman–Crippen MR) is 138 cm³/mol. The fraction of sp³-hybridized carbons (Fsp3) is 0.179. The molecule has 180 valence electrons. The highest BCUT2D eigenvalue weighted by Gasteiger charge is 2.44. The molecular weight excluding hydrogens is 472 g/mol. The van der Waals surface area contributed by atoms with Crippen LogP contribution in [0.5, 0.6) is 0 Å². The minimum Gasteiger partial charge on any atom is -0.383 e. The van der Waals surface area contributed by atoms with Gasteiger partial charge in [0, 0.05) is 42.2 Å². The van der Waals surface area contributed by atoms with Crippen molar-refractivity contribution in [3.8, 4) is 11.8 Å². The molecule has 0 saturated heterocycles. The lowest BCUT2D eigenvalue weighted by atomic mass is 9.81. The van der Waals surface area contributed by atoms with Crippen molar-refractivity contribution in [1.82, 2.24) is 9.47 Å². The maximum atomic E-state index is 13.9. The van der Waals surface area contributed by atoms with Crippen LogP contribution >= 0.6 is 11.3 Å². The van der Waals surface area contributed by atoms with E-state index in [1.54, 1.807) is 30.2 Å². The number of fused-ring (bicyclic) bond motifs is 1. The number of amides is 2. The summed E-state index contributed by atoms with van der Waals surface area (Å²) in [6.07, 6.45) is 3.73. The van der Waals surface area contributed by atoms with Crippen LogP contribution in [0, 0.1) is 11.3 Å². The Kier molecular flexibility index (Phi) is 6.67. The summed E-state index contributed by atoms with van der Waals surface area (Å²) >= 11 is 1.52. The first-order valence-corrected chi connectivity index (χ1v) is 12.4. The lowest BCUT2D eigenvalue weighted by Crippen LogP contribution is -2.47. The standard InChI is InChI=1S/C28H24N4O3S/c1-35-15-14-32-26(24-9-6-16-36-24)25(21-7-2-3-8-22(21)28(32)34)27(33)30-20-10-11-23(19(17-20)18-29)31-12-4-5-13-31/h2-13,16-17,25-26H,14-15H2,1H3,(H,30,33). The number of rotatable bonds is 7. The second-order valence-electron chi connectivity index (χ2n) is 8.44. The number of nitriles is 1. The SMILES string of the molecule is COCCN1C(=O)c2ccccc2C(C(=O)Nc2ccc(-n3cccc3)c(C#N)c2)C1c1cccs1. The van der Waals surface area contributed by atoms with E-state index in [4.69, 9.17) is 4.74 Å². The van der Waals surface area contributed by atoms with E-state index in [1.807, 2.05) is 70.9 Å². The third kappa shape index (κ3) is 4.31. The van der Waals surface area contributed by atoms with Crippen LogP contribution < -0.4 is 5.32 Å². The summed E-state index contributed by atoms with van der Waals surface area (Å²) in [6, 6.07) is 22.0. The predicted octanol–water partition coefficient (Wildman–Crippen LogP) is 4.98. The van der Waals surface area contributed by atoms with Crippen LogP contribution in [0.4, 0.5) is 5.69 Å². The van der Waals surface area contributed by atoms with Crippen LogP contribution in [0.1, 0.15) is 38.3 Å². The average Bonchev–Trinajstić information content (AvgIpc) is 3.63. The molecule has 8 heteroatoms. The molecule has 1 N–H and O–H groups in total. The first-order valence-electron chi connectivity index (χ1n) is 11.5. The van der Waals surface area contributed by atoms with Gasteiger partial charge in [0.15, 0.2) is 0 Å². The molecule has 1 aliphatic heterocycles. The Morgan fingerprint density at radius 2 is 1.92 bits per heavy atom. The van der Waals surface area contributed by atoms with Gasteiger partial charge in [-0.1, -0.05) is 24.3 Å². The highest BCUT2D eigenvalue weighted by atomic mass is 32.1.